The first-order valence-electron chi connectivity index (χ1n) is 12.3. The first-order valence-corrected chi connectivity index (χ1v) is 12.3. The van der Waals surface area contributed by atoms with Crippen LogP contribution in [-0.2, 0) is 11.3 Å². The van der Waals surface area contributed by atoms with Crippen molar-refractivity contribution in [3.8, 4) is 11.5 Å². The lowest BCUT2D eigenvalue weighted by Crippen LogP contribution is -2.34. The van der Waals surface area contributed by atoms with Crippen LogP contribution in [0.3, 0.4) is 0 Å². The third-order valence-corrected chi connectivity index (χ3v) is 5.23. The molecule has 0 radical (unpaired) electrons. The van der Waals surface area contributed by atoms with E-state index in [2.05, 4.69) is 17.6 Å². The van der Waals surface area contributed by atoms with Gasteiger partial charge in [0.05, 0.1) is 12.7 Å². The minimum absolute atomic E-state index is 0.0634. The number of amides is 2. The SMILES string of the molecule is CCCCOc1ccc(C(=O)N/C(=C/c2ccc(OC(C)C)cc2)C(=O)NCc2ccccc2)cc1. The second-order valence-corrected chi connectivity index (χ2v) is 8.64. The molecule has 2 N–H and O–H groups in total. The maximum atomic E-state index is 13.1. The zero-order valence-corrected chi connectivity index (χ0v) is 21.1. The molecule has 3 aromatic rings. The molecular weight excluding hydrogens is 452 g/mol. The van der Waals surface area contributed by atoms with Gasteiger partial charge >= 0.3 is 0 Å². The molecule has 6 heteroatoms. The molecule has 6 nitrogen and oxygen atoms in total. The van der Waals surface area contributed by atoms with E-state index < -0.39 is 0 Å². The number of rotatable bonds is 12. The predicted octanol–water partition coefficient (Wildman–Crippen LogP) is 5.74. The smallest absolute Gasteiger partial charge is 0.268 e. The van der Waals surface area contributed by atoms with Gasteiger partial charge in [-0.1, -0.05) is 55.8 Å². The van der Waals surface area contributed by atoms with E-state index in [1.54, 1.807) is 30.3 Å². The predicted molar refractivity (Wildman–Crippen MR) is 143 cm³/mol. The number of carbonyl (C=O) groups excluding carboxylic acids is 2. The van der Waals surface area contributed by atoms with Crippen molar-refractivity contribution in [3.63, 3.8) is 0 Å². The topological polar surface area (TPSA) is 76.7 Å². The van der Waals surface area contributed by atoms with E-state index in [9.17, 15) is 9.59 Å². The van der Waals surface area contributed by atoms with Crippen LogP contribution in [0.1, 0.15) is 55.1 Å². The van der Waals surface area contributed by atoms with Crippen LogP contribution in [0.2, 0.25) is 0 Å². The molecule has 3 rings (SSSR count). The molecule has 188 valence electrons. The van der Waals surface area contributed by atoms with E-state index >= 15 is 0 Å². The lowest BCUT2D eigenvalue weighted by Gasteiger charge is -2.13. The molecule has 0 aliphatic carbocycles. The summed E-state index contributed by atoms with van der Waals surface area (Å²) in [6.45, 7) is 7.01. The Morgan fingerprint density at radius 2 is 1.56 bits per heavy atom. The lowest BCUT2D eigenvalue weighted by molar-refractivity contribution is -0.117. The van der Waals surface area contributed by atoms with Gasteiger partial charge in [-0.2, -0.15) is 0 Å². The van der Waals surface area contributed by atoms with Gasteiger partial charge in [0.25, 0.3) is 11.8 Å². The molecule has 2 amide bonds. The number of benzene rings is 3. The van der Waals surface area contributed by atoms with Crippen LogP contribution in [0.4, 0.5) is 0 Å². The lowest BCUT2D eigenvalue weighted by atomic mass is 10.1. The summed E-state index contributed by atoms with van der Waals surface area (Å²) in [7, 11) is 0. The standard InChI is InChI=1S/C30H34N2O4/c1-4-5-19-35-26-17-13-25(14-18-26)29(33)32-28(30(34)31-21-24-9-7-6-8-10-24)20-23-11-15-27(16-12-23)36-22(2)3/h6-18,20,22H,4-5,19,21H2,1-3H3,(H,31,34)(H,32,33)/b28-20+. The second kappa shape index (κ2) is 13.7. The Morgan fingerprint density at radius 1 is 0.889 bits per heavy atom. The Bertz CT molecular complexity index is 1140. The third kappa shape index (κ3) is 8.62. The molecule has 0 heterocycles. The minimum Gasteiger partial charge on any atom is -0.494 e. The normalized spacial score (nSPS) is 11.2. The average Bonchev–Trinajstić information content (AvgIpc) is 2.89. The van der Waals surface area contributed by atoms with Gasteiger partial charge < -0.3 is 20.1 Å². The van der Waals surface area contributed by atoms with E-state index in [0.717, 1.165) is 29.7 Å². The number of hydrogen-bond acceptors (Lipinski definition) is 4. The Morgan fingerprint density at radius 3 is 2.19 bits per heavy atom. The van der Waals surface area contributed by atoms with Gasteiger partial charge in [-0.25, -0.2) is 0 Å². The quantitative estimate of drug-likeness (QED) is 0.253. The number of hydrogen-bond donors (Lipinski definition) is 2. The highest BCUT2D eigenvalue weighted by Gasteiger charge is 2.15. The summed E-state index contributed by atoms with van der Waals surface area (Å²) in [5.41, 5.74) is 2.30. The number of unbranched alkanes of at least 4 members (excludes halogenated alkanes) is 1. The molecule has 0 fully saturated rings. The zero-order valence-electron chi connectivity index (χ0n) is 21.1. The fraction of sp³-hybridized carbons (Fsp3) is 0.267. The van der Waals surface area contributed by atoms with Crippen molar-refractivity contribution in [1.29, 1.82) is 0 Å². The Hall–Kier alpha value is -4.06. The van der Waals surface area contributed by atoms with Gasteiger partial charge in [-0.15, -0.1) is 0 Å². The molecule has 3 aromatic carbocycles. The number of ether oxygens (including phenoxy) is 2. The van der Waals surface area contributed by atoms with Crippen molar-refractivity contribution in [2.45, 2.75) is 46.3 Å². The van der Waals surface area contributed by atoms with E-state index in [0.29, 0.717) is 24.5 Å². The summed E-state index contributed by atoms with van der Waals surface area (Å²) < 4.78 is 11.4. The third-order valence-electron chi connectivity index (χ3n) is 5.23. The summed E-state index contributed by atoms with van der Waals surface area (Å²) in [4.78, 5) is 26.0. The van der Waals surface area contributed by atoms with Gasteiger partial charge in [-0.3, -0.25) is 9.59 Å². The molecule has 36 heavy (non-hydrogen) atoms. The highest BCUT2D eigenvalue weighted by Crippen LogP contribution is 2.17. The van der Waals surface area contributed by atoms with Gasteiger partial charge in [0.1, 0.15) is 17.2 Å². The Balaban J connectivity index is 1.75. The van der Waals surface area contributed by atoms with Crippen molar-refractivity contribution in [2.24, 2.45) is 0 Å². The summed E-state index contributed by atoms with van der Waals surface area (Å²) in [5, 5.41) is 5.66. The average molecular weight is 487 g/mol. The largest absolute Gasteiger partial charge is 0.494 e. The highest BCUT2D eigenvalue weighted by atomic mass is 16.5. The highest BCUT2D eigenvalue weighted by molar-refractivity contribution is 6.05. The van der Waals surface area contributed by atoms with Crippen LogP contribution >= 0.6 is 0 Å². The summed E-state index contributed by atoms with van der Waals surface area (Å²) in [5.74, 6) is 0.688. The van der Waals surface area contributed by atoms with E-state index in [1.165, 1.54) is 0 Å². The van der Waals surface area contributed by atoms with Crippen LogP contribution in [0.25, 0.3) is 6.08 Å². The van der Waals surface area contributed by atoms with Crippen molar-refractivity contribution < 1.29 is 19.1 Å². The number of nitrogens with one attached hydrogen (secondary N) is 2. The molecule has 0 bridgehead atoms. The van der Waals surface area contributed by atoms with Crippen molar-refractivity contribution in [3.05, 3.63) is 101 Å². The van der Waals surface area contributed by atoms with E-state index in [1.807, 2.05) is 68.4 Å². The molecule has 0 aromatic heterocycles. The maximum Gasteiger partial charge on any atom is 0.268 e. The van der Waals surface area contributed by atoms with Crippen LogP contribution < -0.4 is 20.1 Å². The Labute approximate surface area is 213 Å². The molecule has 0 saturated carbocycles. The first kappa shape index (κ1) is 26.5. The minimum atomic E-state index is -0.380. The molecule has 0 atom stereocenters. The van der Waals surface area contributed by atoms with E-state index in [-0.39, 0.29) is 23.6 Å². The fourth-order valence-corrected chi connectivity index (χ4v) is 3.34. The van der Waals surface area contributed by atoms with Gasteiger partial charge in [0, 0.05) is 12.1 Å². The monoisotopic (exact) mass is 486 g/mol. The van der Waals surface area contributed by atoms with Crippen LogP contribution in [-0.4, -0.2) is 24.5 Å². The molecule has 0 aliphatic rings. The van der Waals surface area contributed by atoms with Gasteiger partial charge in [0.2, 0.25) is 0 Å². The number of carbonyl (C=O) groups is 2. The first-order chi connectivity index (χ1) is 17.4. The van der Waals surface area contributed by atoms with E-state index in [4.69, 9.17) is 9.47 Å². The van der Waals surface area contributed by atoms with Crippen molar-refractivity contribution in [1.82, 2.24) is 10.6 Å². The molecule has 0 saturated heterocycles. The van der Waals surface area contributed by atoms with Crippen molar-refractivity contribution >= 4 is 17.9 Å². The van der Waals surface area contributed by atoms with Crippen molar-refractivity contribution in [2.75, 3.05) is 6.61 Å². The molecule has 0 aliphatic heterocycles. The maximum absolute atomic E-state index is 13.1. The Kier molecular flexibility index (Phi) is 10.1. The summed E-state index contributed by atoms with van der Waals surface area (Å²) in [6.07, 6.45) is 3.74. The van der Waals surface area contributed by atoms with Crippen LogP contribution in [0.15, 0.2) is 84.6 Å². The molecule has 0 spiro atoms. The van der Waals surface area contributed by atoms with Crippen LogP contribution in [0.5, 0.6) is 11.5 Å². The zero-order chi connectivity index (χ0) is 25.8. The molecule has 0 unspecified atom stereocenters. The summed E-state index contributed by atoms with van der Waals surface area (Å²) in [6, 6.07) is 23.9. The van der Waals surface area contributed by atoms with Gasteiger partial charge in [0.15, 0.2) is 0 Å². The fourth-order valence-electron chi connectivity index (χ4n) is 3.34. The van der Waals surface area contributed by atoms with Crippen LogP contribution in [0, 0.1) is 0 Å². The second-order valence-electron chi connectivity index (χ2n) is 8.64. The summed E-state index contributed by atoms with van der Waals surface area (Å²) >= 11 is 0. The molecular formula is C30H34N2O4. The van der Waals surface area contributed by atoms with Gasteiger partial charge in [-0.05, 0) is 73.9 Å².